The maximum absolute atomic E-state index is 13.3. The Kier molecular flexibility index (Phi) is 8.48. The Morgan fingerprint density at radius 2 is 1.62 bits per heavy atom. The molecular formula is C28H24Cl2N2O4S. The van der Waals surface area contributed by atoms with E-state index in [1.807, 2.05) is 44.2 Å². The summed E-state index contributed by atoms with van der Waals surface area (Å²) in [6.45, 7) is 4.56. The van der Waals surface area contributed by atoms with Gasteiger partial charge in [0.2, 0.25) is 0 Å². The van der Waals surface area contributed by atoms with E-state index in [-0.39, 0.29) is 17.3 Å². The normalized spacial score (nSPS) is 14.6. The number of aryl methyl sites for hydroxylation is 1. The molecule has 1 saturated heterocycles. The number of benzene rings is 3. The Balaban J connectivity index is 1.59. The molecule has 3 aromatic rings. The van der Waals surface area contributed by atoms with E-state index in [1.54, 1.807) is 30.3 Å². The lowest BCUT2D eigenvalue weighted by molar-refractivity contribution is -0.122. The lowest BCUT2D eigenvalue weighted by Crippen LogP contribution is -2.54. The second-order valence-corrected chi connectivity index (χ2v) is 9.36. The Hall–Kier alpha value is -3.39. The molecule has 1 aliphatic rings. The van der Waals surface area contributed by atoms with Crippen LogP contribution >= 0.6 is 35.4 Å². The smallest absolute Gasteiger partial charge is 0.270 e. The van der Waals surface area contributed by atoms with Gasteiger partial charge < -0.3 is 9.47 Å². The van der Waals surface area contributed by atoms with E-state index in [1.165, 1.54) is 11.0 Å². The lowest BCUT2D eigenvalue weighted by Gasteiger charge is -2.29. The molecule has 0 saturated carbocycles. The number of rotatable bonds is 8. The Bertz CT molecular complexity index is 1390. The molecule has 0 aromatic heterocycles. The van der Waals surface area contributed by atoms with Crippen molar-refractivity contribution in [3.8, 4) is 11.5 Å². The maximum Gasteiger partial charge on any atom is 0.270 e. The van der Waals surface area contributed by atoms with E-state index in [2.05, 4.69) is 5.32 Å². The summed E-state index contributed by atoms with van der Waals surface area (Å²) in [6.07, 6.45) is 2.38. The highest BCUT2D eigenvalue weighted by Crippen LogP contribution is 2.32. The molecule has 0 unspecified atom stereocenters. The molecule has 9 heteroatoms. The molecule has 37 heavy (non-hydrogen) atoms. The fourth-order valence-electron chi connectivity index (χ4n) is 3.73. The van der Waals surface area contributed by atoms with Gasteiger partial charge in [0.15, 0.2) is 16.6 Å². The summed E-state index contributed by atoms with van der Waals surface area (Å²) >= 11 is 17.4. The zero-order chi connectivity index (χ0) is 26.5. The summed E-state index contributed by atoms with van der Waals surface area (Å²) in [4.78, 5) is 27.3. The van der Waals surface area contributed by atoms with Crippen LogP contribution in [-0.4, -0.2) is 23.5 Å². The van der Waals surface area contributed by atoms with Gasteiger partial charge in [0, 0.05) is 0 Å². The van der Waals surface area contributed by atoms with Gasteiger partial charge in [0.05, 0.1) is 22.3 Å². The van der Waals surface area contributed by atoms with Gasteiger partial charge in [-0.25, -0.2) is 0 Å². The molecule has 1 heterocycles. The third-order valence-electron chi connectivity index (χ3n) is 5.66. The number of halogens is 2. The molecule has 0 radical (unpaired) electrons. The molecule has 1 N–H and O–H groups in total. The van der Waals surface area contributed by atoms with Crippen LogP contribution in [0.2, 0.25) is 10.0 Å². The summed E-state index contributed by atoms with van der Waals surface area (Å²) in [5.74, 6) is -0.0818. The number of nitrogens with zero attached hydrogens (tertiary/aromatic N) is 1. The van der Waals surface area contributed by atoms with E-state index in [9.17, 15) is 9.59 Å². The minimum Gasteiger partial charge on any atom is -0.490 e. The van der Waals surface area contributed by atoms with Gasteiger partial charge in [-0.3, -0.25) is 19.8 Å². The Morgan fingerprint density at radius 3 is 2.30 bits per heavy atom. The van der Waals surface area contributed by atoms with Crippen LogP contribution in [0.15, 0.2) is 66.2 Å². The minimum atomic E-state index is -0.561. The number of hydrogen-bond donors (Lipinski definition) is 1. The number of thiocarbonyl (C=S) groups is 1. The van der Waals surface area contributed by atoms with E-state index >= 15 is 0 Å². The first-order valence-corrected chi connectivity index (χ1v) is 12.8. The van der Waals surface area contributed by atoms with Crippen molar-refractivity contribution in [2.45, 2.75) is 26.9 Å². The van der Waals surface area contributed by atoms with Gasteiger partial charge in [-0.2, -0.15) is 0 Å². The van der Waals surface area contributed by atoms with Crippen molar-refractivity contribution in [2.75, 3.05) is 11.5 Å². The fraction of sp³-hybridized carbons (Fsp3) is 0.179. The molecule has 0 atom stereocenters. The minimum absolute atomic E-state index is 0.0393. The van der Waals surface area contributed by atoms with Gasteiger partial charge in [-0.1, -0.05) is 54.4 Å². The van der Waals surface area contributed by atoms with E-state index in [4.69, 9.17) is 44.9 Å². The van der Waals surface area contributed by atoms with Crippen molar-refractivity contribution < 1.29 is 19.1 Å². The number of nitrogens with one attached hydrogen (secondary N) is 1. The third kappa shape index (κ3) is 6.13. The Labute approximate surface area is 230 Å². The molecule has 4 rings (SSSR count). The second-order valence-electron chi connectivity index (χ2n) is 8.15. The average Bonchev–Trinajstić information content (AvgIpc) is 2.88. The molecular weight excluding hydrogens is 531 g/mol. The first kappa shape index (κ1) is 26.7. The number of ether oxygens (including phenoxy) is 2. The third-order valence-corrected chi connectivity index (χ3v) is 6.69. The monoisotopic (exact) mass is 554 g/mol. The number of anilines is 1. The van der Waals surface area contributed by atoms with Crippen molar-refractivity contribution in [1.29, 1.82) is 0 Å². The predicted octanol–water partition coefficient (Wildman–Crippen LogP) is 6.36. The topological polar surface area (TPSA) is 67.9 Å². The van der Waals surface area contributed by atoms with E-state index < -0.39 is 11.8 Å². The van der Waals surface area contributed by atoms with Crippen LogP contribution in [0.4, 0.5) is 5.69 Å². The van der Waals surface area contributed by atoms with Crippen molar-refractivity contribution in [3.63, 3.8) is 0 Å². The zero-order valence-corrected chi connectivity index (χ0v) is 22.5. The zero-order valence-electron chi connectivity index (χ0n) is 20.2. The molecule has 1 aliphatic heterocycles. The highest BCUT2D eigenvalue weighted by molar-refractivity contribution is 7.80. The van der Waals surface area contributed by atoms with Gasteiger partial charge >= 0.3 is 0 Å². The largest absolute Gasteiger partial charge is 0.490 e. The van der Waals surface area contributed by atoms with Gasteiger partial charge in [-0.15, -0.1) is 0 Å². The standard InChI is InChI=1S/C28H24Cl2N2O4S/c1-3-17-5-9-20(10-6-17)32-27(34)21(26(33)31-28(32)37)13-18-8-12-24(25(15-18)35-4-2)36-16-19-7-11-22(29)23(30)14-19/h5-15H,3-4,16H2,1-2H3,(H,31,33,37)/b21-13+. The predicted molar refractivity (Wildman–Crippen MR) is 150 cm³/mol. The number of carbonyl (C=O) groups excluding carboxylic acids is 2. The first-order valence-electron chi connectivity index (χ1n) is 11.6. The highest BCUT2D eigenvalue weighted by atomic mass is 35.5. The molecule has 1 fully saturated rings. The van der Waals surface area contributed by atoms with Crippen LogP contribution in [0, 0.1) is 0 Å². The summed E-state index contributed by atoms with van der Waals surface area (Å²) in [7, 11) is 0. The van der Waals surface area contributed by atoms with Crippen molar-refractivity contribution >= 4 is 64.1 Å². The van der Waals surface area contributed by atoms with Crippen LogP contribution in [0.5, 0.6) is 11.5 Å². The van der Waals surface area contributed by atoms with E-state index in [0.717, 1.165) is 17.5 Å². The molecule has 0 bridgehead atoms. The molecule has 190 valence electrons. The van der Waals surface area contributed by atoms with Gasteiger partial charge in [0.1, 0.15) is 12.2 Å². The molecule has 0 spiro atoms. The summed E-state index contributed by atoms with van der Waals surface area (Å²) in [5.41, 5.74) is 3.11. The van der Waals surface area contributed by atoms with Crippen LogP contribution < -0.4 is 19.7 Å². The molecule has 0 aliphatic carbocycles. The second kappa shape index (κ2) is 11.8. The maximum atomic E-state index is 13.3. The molecule has 3 aromatic carbocycles. The van der Waals surface area contributed by atoms with Crippen molar-refractivity contribution in [3.05, 3.63) is 93.0 Å². The first-order chi connectivity index (χ1) is 17.8. The van der Waals surface area contributed by atoms with Crippen LogP contribution in [-0.2, 0) is 22.6 Å². The van der Waals surface area contributed by atoms with E-state index in [0.29, 0.717) is 39.4 Å². The van der Waals surface area contributed by atoms with Gasteiger partial charge in [-0.05, 0) is 84.7 Å². The molecule has 2 amide bonds. The Morgan fingerprint density at radius 1 is 0.892 bits per heavy atom. The summed E-state index contributed by atoms with van der Waals surface area (Å²) in [5, 5.41) is 3.56. The SMILES string of the molecule is CCOc1cc(/C=C2\C(=O)NC(=S)N(c3ccc(CC)cc3)C2=O)ccc1OCc1ccc(Cl)c(Cl)c1. The van der Waals surface area contributed by atoms with Crippen LogP contribution in [0.1, 0.15) is 30.5 Å². The number of hydrogen-bond acceptors (Lipinski definition) is 5. The average molecular weight is 555 g/mol. The van der Waals surface area contributed by atoms with Crippen molar-refractivity contribution in [2.24, 2.45) is 0 Å². The fourth-order valence-corrected chi connectivity index (χ4v) is 4.33. The quantitative estimate of drug-likeness (QED) is 0.199. The van der Waals surface area contributed by atoms with Gasteiger partial charge in [0.25, 0.3) is 11.8 Å². The van der Waals surface area contributed by atoms with Crippen molar-refractivity contribution in [1.82, 2.24) is 5.32 Å². The highest BCUT2D eigenvalue weighted by Gasteiger charge is 2.34. The summed E-state index contributed by atoms with van der Waals surface area (Å²) < 4.78 is 11.7. The summed E-state index contributed by atoms with van der Waals surface area (Å²) in [6, 6.07) is 17.9. The number of carbonyl (C=O) groups is 2. The van der Waals surface area contributed by atoms with Crippen LogP contribution in [0.25, 0.3) is 6.08 Å². The van der Waals surface area contributed by atoms with Crippen LogP contribution in [0.3, 0.4) is 0 Å². The lowest BCUT2D eigenvalue weighted by atomic mass is 10.1. The molecule has 6 nitrogen and oxygen atoms in total. The number of amides is 2.